The van der Waals surface area contributed by atoms with E-state index in [-0.39, 0.29) is 0 Å². The molecule has 0 fully saturated rings. The summed E-state index contributed by atoms with van der Waals surface area (Å²) < 4.78 is 5.07. The second-order valence-corrected chi connectivity index (χ2v) is 3.40. The lowest BCUT2D eigenvalue weighted by atomic mass is 10.1. The van der Waals surface area contributed by atoms with E-state index in [0.29, 0.717) is 5.76 Å². The van der Waals surface area contributed by atoms with Crippen LogP contribution >= 0.6 is 0 Å². The molecule has 0 aliphatic heterocycles. The third kappa shape index (κ3) is 2.91. The molecule has 0 aliphatic carbocycles. The molecule has 2 aromatic heterocycles. The maximum atomic E-state index is 9.52. The van der Waals surface area contributed by atoms with E-state index < -0.39 is 6.10 Å². The van der Waals surface area contributed by atoms with Gasteiger partial charge >= 0.3 is 0 Å². The van der Waals surface area contributed by atoms with Crippen LogP contribution in [0.3, 0.4) is 0 Å². The zero-order valence-electron chi connectivity index (χ0n) is 10.6. The van der Waals surface area contributed by atoms with Crippen molar-refractivity contribution >= 4 is 0 Å². The fourth-order valence-electron chi connectivity index (χ4n) is 1.49. The summed E-state index contributed by atoms with van der Waals surface area (Å²) in [6.45, 7) is 7.48. The number of aromatic nitrogens is 2. The third-order valence-corrected chi connectivity index (χ3v) is 2.19. The van der Waals surface area contributed by atoms with Gasteiger partial charge in [0.2, 0.25) is 0 Å². The van der Waals surface area contributed by atoms with Crippen LogP contribution in [0.4, 0.5) is 0 Å². The molecule has 4 heteroatoms. The van der Waals surface area contributed by atoms with Gasteiger partial charge in [-0.15, -0.1) is 0 Å². The summed E-state index contributed by atoms with van der Waals surface area (Å²) >= 11 is 0. The Balaban J connectivity index is 0.000000686. The fourth-order valence-corrected chi connectivity index (χ4v) is 1.49. The van der Waals surface area contributed by atoms with Gasteiger partial charge in [-0.05, 0) is 26.0 Å². The molecule has 0 spiro atoms. The predicted molar refractivity (Wildman–Crippen MR) is 66.5 cm³/mol. The van der Waals surface area contributed by atoms with E-state index in [1.807, 2.05) is 39.0 Å². The number of aliphatic hydroxyl groups is 1. The van der Waals surface area contributed by atoms with Gasteiger partial charge in [0.15, 0.2) is 5.76 Å². The summed E-state index contributed by atoms with van der Waals surface area (Å²) in [5.41, 5.74) is 2.29. The van der Waals surface area contributed by atoms with E-state index in [2.05, 4.69) is 10.1 Å². The third-order valence-electron chi connectivity index (χ3n) is 2.19. The molecule has 0 radical (unpaired) electrons. The van der Waals surface area contributed by atoms with Gasteiger partial charge < -0.3 is 9.63 Å². The van der Waals surface area contributed by atoms with E-state index in [1.165, 1.54) is 0 Å². The zero-order chi connectivity index (χ0) is 12.8. The molecule has 0 bridgehead atoms. The van der Waals surface area contributed by atoms with Crippen LogP contribution < -0.4 is 0 Å². The number of nitrogens with zero attached hydrogens (tertiary/aromatic N) is 2. The van der Waals surface area contributed by atoms with Crippen LogP contribution in [-0.2, 0) is 0 Å². The molecule has 0 aliphatic rings. The molecule has 2 aromatic rings. The van der Waals surface area contributed by atoms with Crippen molar-refractivity contribution in [3.63, 3.8) is 0 Å². The Morgan fingerprint density at radius 2 is 2.00 bits per heavy atom. The lowest BCUT2D eigenvalue weighted by Gasteiger charge is -2.03. The van der Waals surface area contributed by atoms with Gasteiger partial charge in [0.1, 0.15) is 6.10 Å². The highest BCUT2D eigenvalue weighted by Crippen LogP contribution is 2.29. The Morgan fingerprint density at radius 1 is 1.29 bits per heavy atom. The molecule has 0 aromatic carbocycles. The van der Waals surface area contributed by atoms with Gasteiger partial charge in [0.05, 0.1) is 17.0 Å². The minimum absolute atomic E-state index is 0.464. The molecule has 1 N–H and O–H groups in total. The van der Waals surface area contributed by atoms with Crippen LogP contribution in [0.1, 0.15) is 38.3 Å². The van der Waals surface area contributed by atoms with Gasteiger partial charge in [0.25, 0.3) is 0 Å². The van der Waals surface area contributed by atoms with Crippen molar-refractivity contribution in [2.24, 2.45) is 0 Å². The van der Waals surface area contributed by atoms with E-state index in [9.17, 15) is 5.11 Å². The average Bonchev–Trinajstić information content (AvgIpc) is 2.75. The molecular weight excluding hydrogens is 216 g/mol. The van der Waals surface area contributed by atoms with Gasteiger partial charge in [-0.2, -0.15) is 0 Å². The van der Waals surface area contributed by atoms with E-state index in [1.54, 1.807) is 13.1 Å². The topological polar surface area (TPSA) is 59.2 Å². The summed E-state index contributed by atoms with van der Waals surface area (Å²) in [6.07, 6.45) is 1.02. The maximum absolute atomic E-state index is 9.52. The van der Waals surface area contributed by atoms with Crippen LogP contribution in [0.2, 0.25) is 0 Å². The Kier molecular flexibility index (Phi) is 4.84. The highest BCUT2D eigenvalue weighted by atomic mass is 16.5. The second-order valence-electron chi connectivity index (χ2n) is 3.40. The first-order valence-corrected chi connectivity index (χ1v) is 5.76. The number of hydrogen-bond acceptors (Lipinski definition) is 4. The summed E-state index contributed by atoms with van der Waals surface area (Å²) in [6, 6.07) is 5.60. The molecule has 92 valence electrons. The standard InChI is InChI=1S/C11H12N2O2.C2H6/c1-7-10(9-5-3-4-6-12-9)11(8(2)14)15-13-7;1-2/h3-6,8,14H,1-2H3;1-2H3. The number of rotatable bonds is 2. The first-order valence-electron chi connectivity index (χ1n) is 5.76. The first kappa shape index (κ1) is 13.4. The summed E-state index contributed by atoms with van der Waals surface area (Å²) in [4.78, 5) is 4.21. The maximum Gasteiger partial charge on any atom is 0.174 e. The first-order chi connectivity index (χ1) is 8.20. The fraction of sp³-hybridized carbons (Fsp3) is 0.385. The highest BCUT2D eigenvalue weighted by molar-refractivity contribution is 5.64. The highest BCUT2D eigenvalue weighted by Gasteiger charge is 2.19. The van der Waals surface area contributed by atoms with Crippen molar-refractivity contribution < 1.29 is 9.63 Å². The number of pyridine rings is 1. The summed E-state index contributed by atoms with van der Waals surface area (Å²) in [5.74, 6) is 0.464. The van der Waals surface area contributed by atoms with Crippen LogP contribution in [-0.4, -0.2) is 15.2 Å². The van der Waals surface area contributed by atoms with Crippen LogP contribution in [0.15, 0.2) is 28.9 Å². The van der Waals surface area contributed by atoms with Crippen molar-refractivity contribution in [3.8, 4) is 11.3 Å². The van der Waals surface area contributed by atoms with Gasteiger partial charge in [-0.25, -0.2) is 0 Å². The van der Waals surface area contributed by atoms with Crippen molar-refractivity contribution in [1.82, 2.24) is 10.1 Å². The minimum atomic E-state index is -0.678. The number of hydrogen-bond donors (Lipinski definition) is 1. The van der Waals surface area contributed by atoms with Crippen molar-refractivity contribution in [2.75, 3.05) is 0 Å². The van der Waals surface area contributed by atoms with Crippen molar-refractivity contribution in [3.05, 3.63) is 35.9 Å². The lowest BCUT2D eigenvalue weighted by Crippen LogP contribution is -1.93. The van der Waals surface area contributed by atoms with Gasteiger partial charge in [-0.1, -0.05) is 25.1 Å². The molecular formula is C13H18N2O2. The molecule has 2 heterocycles. The normalized spacial score (nSPS) is 11.6. The number of aliphatic hydroxyl groups excluding tert-OH is 1. The van der Waals surface area contributed by atoms with Crippen LogP contribution in [0.5, 0.6) is 0 Å². The minimum Gasteiger partial charge on any atom is -0.385 e. The van der Waals surface area contributed by atoms with Gasteiger partial charge in [0, 0.05) is 6.20 Å². The molecule has 0 saturated carbocycles. The van der Waals surface area contributed by atoms with E-state index in [0.717, 1.165) is 17.0 Å². The smallest absolute Gasteiger partial charge is 0.174 e. The van der Waals surface area contributed by atoms with Crippen LogP contribution in [0, 0.1) is 6.92 Å². The largest absolute Gasteiger partial charge is 0.385 e. The molecule has 0 amide bonds. The monoisotopic (exact) mass is 234 g/mol. The van der Waals surface area contributed by atoms with Crippen molar-refractivity contribution in [1.29, 1.82) is 0 Å². The summed E-state index contributed by atoms with van der Waals surface area (Å²) in [5, 5.41) is 13.4. The summed E-state index contributed by atoms with van der Waals surface area (Å²) in [7, 11) is 0. The number of aryl methyl sites for hydroxylation is 1. The predicted octanol–water partition coefficient (Wildman–Crippen LogP) is 3.12. The average molecular weight is 234 g/mol. The molecule has 1 unspecified atom stereocenters. The lowest BCUT2D eigenvalue weighted by molar-refractivity contribution is 0.158. The molecule has 17 heavy (non-hydrogen) atoms. The van der Waals surface area contributed by atoms with Gasteiger partial charge in [-0.3, -0.25) is 4.98 Å². The van der Waals surface area contributed by atoms with Crippen LogP contribution in [0.25, 0.3) is 11.3 Å². The molecule has 2 rings (SSSR count). The quantitative estimate of drug-likeness (QED) is 0.867. The Labute approximate surface area is 101 Å². The zero-order valence-corrected chi connectivity index (χ0v) is 10.6. The molecule has 4 nitrogen and oxygen atoms in total. The van der Waals surface area contributed by atoms with E-state index >= 15 is 0 Å². The Hall–Kier alpha value is -1.68. The molecule has 0 saturated heterocycles. The van der Waals surface area contributed by atoms with E-state index in [4.69, 9.17) is 4.52 Å². The molecule has 1 atom stereocenters. The van der Waals surface area contributed by atoms with Crippen molar-refractivity contribution in [2.45, 2.75) is 33.8 Å². The Morgan fingerprint density at radius 3 is 2.53 bits per heavy atom. The Bertz CT molecular complexity index is 450. The second kappa shape index (κ2) is 6.15. The SMILES string of the molecule is CC.Cc1noc(C(C)O)c1-c1ccccn1.